The number of rotatable bonds is 5. The molecular formula is C24H23N5O. The number of carbonyl (C=O) groups excluding carboxylic acids is 1. The first-order valence-corrected chi connectivity index (χ1v) is 10.0. The van der Waals surface area contributed by atoms with Crippen molar-refractivity contribution in [1.82, 2.24) is 9.38 Å². The number of imidazole rings is 1. The molecule has 2 aromatic heterocycles. The molecule has 0 saturated heterocycles. The van der Waals surface area contributed by atoms with Crippen LogP contribution in [0.5, 0.6) is 0 Å². The van der Waals surface area contributed by atoms with Crippen molar-refractivity contribution in [2.45, 2.75) is 33.6 Å². The SMILES string of the molecule is CCCc1c(C)c(C#N)c2nc3ccccc3n2c1Nc1ccc(NC(C)=O)cc1. The molecule has 6 nitrogen and oxygen atoms in total. The molecule has 2 aromatic carbocycles. The maximum Gasteiger partial charge on any atom is 0.221 e. The van der Waals surface area contributed by atoms with E-state index < -0.39 is 0 Å². The van der Waals surface area contributed by atoms with Crippen LogP contribution in [-0.4, -0.2) is 15.3 Å². The predicted octanol–water partition coefficient (Wildman–Crippen LogP) is 5.32. The Kier molecular flexibility index (Phi) is 5.11. The van der Waals surface area contributed by atoms with Gasteiger partial charge in [-0.15, -0.1) is 0 Å². The number of amides is 1. The number of pyridine rings is 1. The number of nitrogens with zero attached hydrogens (tertiary/aromatic N) is 3. The number of para-hydroxylation sites is 2. The Bertz CT molecular complexity index is 1300. The fourth-order valence-corrected chi connectivity index (χ4v) is 3.85. The average Bonchev–Trinajstić information content (AvgIpc) is 3.11. The smallest absolute Gasteiger partial charge is 0.221 e. The lowest BCUT2D eigenvalue weighted by atomic mass is 10.0. The molecule has 2 N–H and O–H groups in total. The van der Waals surface area contributed by atoms with Gasteiger partial charge in [-0.3, -0.25) is 9.20 Å². The van der Waals surface area contributed by atoms with Crippen LogP contribution in [0.25, 0.3) is 16.7 Å². The summed E-state index contributed by atoms with van der Waals surface area (Å²) in [6.45, 7) is 5.62. The first-order valence-electron chi connectivity index (χ1n) is 10.0. The monoisotopic (exact) mass is 397 g/mol. The molecule has 0 bridgehead atoms. The van der Waals surface area contributed by atoms with E-state index in [-0.39, 0.29) is 5.91 Å². The molecule has 0 atom stereocenters. The lowest BCUT2D eigenvalue weighted by Gasteiger charge is -2.19. The molecule has 0 saturated carbocycles. The Balaban J connectivity index is 1.94. The Morgan fingerprint density at radius 1 is 1.13 bits per heavy atom. The van der Waals surface area contributed by atoms with Crippen LogP contribution in [0.15, 0.2) is 48.5 Å². The maximum absolute atomic E-state index is 11.3. The second-order valence-electron chi connectivity index (χ2n) is 7.33. The van der Waals surface area contributed by atoms with Gasteiger partial charge in [-0.2, -0.15) is 5.26 Å². The van der Waals surface area contributed by atoms with Gasteiger partial charge in [0.25, 0.3) is 0 Å². The summed E-state index contributed by atoms with van der Waals surface area (Å²) >= 11 is 0. The minimum absolute atomic E-state index is 0.102. The van der Waals surface area contributed by atoms with Gasteiger partial charge in [0.1, 0.15) is 11.9 Å². The van der Waals surface area contributed by atoms with Crippen LogP contribution in [0, 0.1) is 18.3 Å². The molecule has 150 valence electrons. The summed E-state index contributed by atoms with van der Waals surface area (Å²) in [6.07, 6.45) is 1.80. The number of benzene rings is 2. The molecule has 0 aliphatic heterocycles. The number of carbonyl (C=O) groups is 1. The van der Waals surface area contributed by atoms with Crippen molar-refractivity contribution in [3.05, 3.63) is 65.2 Å². The summed E-state index contributed by atoms with van der Waals surface area (Å²) in [6, 6.07) is 17.9. The van der Waals surface area contributed by atoms with E-state index >= 15 is 0 Å². The van der Waals surface area contributed by atoms with E-state index in [4.69, 9.17) is 4.98 Å². The Hall–Kier alpha value is -3.85. The third-order valence-electron chi connectivity index (χ3n) is 5.20. The standard InChI is InChI=1S/C24H23N5O/c1-4-7-19-15(2)20(14-25)24-28-21-8-5-6-9-22(21)29(24)23(19)27-18-12-10-17(11-13-18)26-16(3)30/h5-6,8-13,27H,4,7H2,1-3H3,(H,26,30). The van der Waals surface area contributed by atoms with Gasteiger partial charge in [-0.05, 0) is 60.9 Å². The Morgan fingerprint density at radius 3 is 2.50 bits per heavy atom. The van der Waals surface area contributed by atoms with Crippen LogP contribution in [0.4, 0.5) is 17.2 Å². The summed E-state index contributed by atoms with van der Waals surface area (Å²) in [5.41, 5.74) is 6.79. The lowest BCUT2D eigenvalue weighted by Crippen LogP contribution is -2.09. The molecule has 1 amide bonds. The van der Waals surface area contributed by atoms with Crippen molar-refractivity contribution in [2.75, 3.05) is 10.6 Å². The minimum atomic E-state index is -0.102. The number of fused-ring (bicyclic) bond motifs is 3. The molecule has 30 heavy (non-hydrogen) atoms. The highest BCUT2D eigenvalue weighted by atomic mass is 16.1. The number of anilines is 3. The fraction of sp³-hybridized carbons (Fsp3) is 0.208. The van der Waals surface area contributed by atoms with Crippen molar-refractivity contribution in [3.63, 3.8) is 0 Å². The average molecular weight is 397 g/mol. The van der Waals surface area contributed by atoms with Gasteiger partial charge in [0.2, 0.25) is 5.91 Å². The van der Waals surface area contributed by atoms with E-state index in [0.29, 0.717) is 11.2 Å². The lowest BCUT2D eigenvalue weighted by molar-refractivity contribution is -0.114. The van der Waals surface area contributed by atoms with E-state index in [2.05, 4.69) is 23.6 Å². The van der Waals surface area contributed by atoms with E-state index in [1.807, 2.05) is 59.9 Å². The van der Waals surface area contributed by atoms with E-state index in [1.165, 1.54) is 6.92 Å². The van der Waals surface area contributed by atoms with Crippen molar-refractivity contribution < 1.29 is 4.79 Å². The fourth-order valence-electron chi connectivity index (χ4n) is 3.85. The molecule has 0 fully saturated rings. The molecule has 0 radical (unpaired) electrons. The molecule has 0 aliphatic rings. The maximum atomic E-state index is 11.3. The van der Waals surface area contributed by atoms with Crippen LogP contribution in [0.2, 0.25) is 0 Å². The van der Waals surface area contributed by atoms with Crippen LogP contribution in [-0.2, 0) is 11.2 Å². The highest BCUT2D eigenvalue weighted by molar-refractivity contribution is 5.89. The van der Waals surface area contributed by atoms with Gasteiger partial charge in [0, 0.05) is 18.3 Å². The summed E-state index contributed by atoms with van der Waals surface area (Å²) < 4.78 is 2.05. The van der Waals surface area contributed by atoms with Crippen molar-refractivity contribution in [2.24, 2.45) is 0 Å². The van der Waals surface area contributed by atoms with Gasteiger partial charge in [-0.1, -0.05) is 25.5 Å². The van der Waals surface area contributed by atoms with Crippen LogP contribution in [0.3, 0.4) is 0 Å². The van der Waals surface area contributed by atoms with Crippen LogP contribution < -0.4 is 10.6 Å². The molecule has 4 rings (SSSR count). The molecule has 4 aromatic rings. The number of nitriles is 1. The number of hydrogen-bond donors (Lipinski definition) is 2. The second kappa shape index (κ2) is 7.88. The quantitative estimate of drug-likeness (QED) is 0.477. The molecule has 0 spiro atoms. The van der Waals surface area contributed by atoms with Crippen molar-refractivity contribution in [1.29, 1.82) is 5.26 Å². The number of nitrogens with one attached hydrogen (secondary N) is 2. The van der Waals surface area contributed by atoms with Crippen molar-refractivity contribution in [3.8, 4) is 6.07 Å². The van der Waals surface area contributed by atoms with Gasteiger partial charge >= 0.3 is 0 Å². The van der Waals surface area contributed by atoms with Gasteiger partial charge in [0.15, 0.2) is 5.65 Å². The number of aromatic nitrogens is 2. The van der Waals surface area contributed by atoms with Crippen LogP contribution >= 0.6 is 0 Å². The zero-order valence-electron chi connectivity index (χ0n) is 17.3. The Morgan fingerprint density at radius 2 is 1.83 bits per heavy atom. The number of hydrogen-bond acceptors (Lipinski definition) is 4. The van der Waals surface area contributed by atoms with Gasteiger partial charge < -0.3 is 10.6 Å². The summed E-state index contributed by atoms with van der Waals surface area (Å²) in [5.74, 6) is 0.819. The predicted molar refractivity (Wildman–Crippen MR) is 120 cm³/mol. The first kappa shape index (κ1) is 19.5. The van der Waals surface area contributed by atoms with E-state index in [9.17, 15) is 10.1 Å². The topological polar surface area (TPSA) is 82.2 Å². The zero-order chi connectivity index (χ0) is 21.3. The molecule has 2 heterocycles. The first-order chi connectivity index (χ1) is 14.5. The third kappa shape index (κ3) is 3.35. The third-order valence-corrected chi connectivity index (χ3v) is 5.20. The second-order valence-corrected chi connectivity index (χ2v) is 7.33. The van der Waals surface area contributed by atoms with Gasteiger partial charge in [-0.25, -0.2) is 4.98 Å². The van der Waals surface area contributed by atoms with E-state index in [0.717, 1.165) is 52.2 Å². The molecule has 6 heteroatoms. The Labute approximate surface area is 175 Å². The highest BCUT2D eigenvalue weighted by Gasteiger charge is 2.20. The molecule has 0 unspecified atom stereocenters. The minimum Gasteiger partial charge on any atom is -0.341 e. The highest BCUT2D eigenvalue weighted by Crippen LogP contribution is 2.33. The molecule has 0 aliphatic carbocycles. The summed E-state index contributed by atoms with van der Waals surface area (Å²) in [7, 11) is 0. The normalized spacial score (nSPS) is 10.9. The van der Waals surface area contributed by atoms with E-state index in [1.54, 1.807) is 0 Å². The summed E-state index contributed by atoms with van der Waals surface area (Å²) in [5, 5.41) is 16.2. The van der Waals surface area contributed by atoms with Crippen LogP contribution in [0.1, 0.15) is 37.0 Å². The van der Waals surface area contributed by atoms with Gasteiger partial charge in [0.05, 0.1) is 16.6 Å². The summed E-state index contributed by atoms with van der Waals surface area (Å²) in [4.78, 5) is 16.0. The largest absolute Gasteiger partial charge is 0.341 e. The zero-order valence-corrected chi connectivity index (χ0v) is 17.3. The molecular weight excluding hydrogens is 374 g/mol. The van der Waals surface area contributed by atoms with Crippen molar-refractivity contribution >= 4 is 39.8 Å².